The van der Waals surface area contributed by atoms with E-state index in [4.69, 9.17) is 5.73 Å². The molecule has 0 amide bonds. The topological polar surface area (TPSA) is 92.5 Å². The number of hydrogen-bond acceptors (Lipinski definition) is 5. The average molecular weight is 220 g/mol. The van der Waals surface area contributed by atoms with Crippen molar-refractivity contribution >= 4 is 17.0 Å². The number of hydrogen-bond donors (Lipinski definition) is 3. The quantitative estimate of drug-likeness (QED) is 0.711. The molecule has 0 saturated heterocycles. The zero-order chi connectivity index (χ0) is 11.6. The normalized spacial score (nSPS) is 11.9. The summed E-state index contributed by atoms with van der Waals surface area (Å²) in [4.78, 5) is 15.4. The number of imidazole rings is 1. The van der Waals surface area contributed by atoms with Gasteiger partial charge in [0.15, 0.2) is 11.5 Å². The Labute approximate surface area is 93.7 Å². The van der Waals surface area contributed by atoms with E-state index in [-0.39, 0.29) is 5.54 Å². The maximum Gasteiger partial charge on any atom is 0.182 e. The van der Waals surface area contributed by atoms with E-state index in [1.165, 1.54) is 6.33 Å². The molecule has 0 aromatic carbocycles. The highest BCUT2D eigenvalue weighted by Crippen LogP contribution is 2.20. The zero-order valence-electron chi connectivity index (χ0n) is 9.49. The van der Waals surface area contributed by atoms with Gasteiger partial charge >= 0.3 is 0 Å². The number of nitrogens with zero attached hydrogens (tertiary/aromatic N) is 3. The summed E-state index contributed by atoms with van der Waals surface area (Å²) in [5, 5.41) is 3.35. The molecular formula is C10H16N6. The number of nitrogens with one attached hydrogen (secondary N) is 2. The molecule has 0 bridgehead atoms. The second kappa shape index (κ2) is 4.05. The highest BCUT2D eigenvalue weighted by Gasteiger charge is 2.18. The Kier molecular flexibility index (Phi) is 2.74. The minimum absolute atomic E-state index is 0.0961. The molecule has 6 heteroatoms. The largest absolute Gasteiger partial charge is 0.363 e. The van der Waals surface area contributed by atoms with Crippen molar-refractivity contribution in [1.29, 1.82) is 0 Å². The van der Waals surface area contributed by atoms with Crippen molar-refractivity contribution in [1.82, 2.24) is 19.9 Å². The molecule has 0 atom stereocenters. The first kappa shape index (κ1) is 10.8. The number of H-pyrrole nitrogens is 1. The van der Waals surface area contributed by atoms with Gasteiger partial charge in [-0.05, 0) is 26.8 Å². The van der Waals surface area contributed by atoms with Crippen molar-refractivity contribution < 1.29 is 0 Å². The van der Waals surface area contributed by atoms with Gasteiger partial charge in [-0.25, -0.2) is 15.0 Å². The molecule has 16 heavy (non-hydrogen) atoms. The van der Waals surface area contributed by atoms with Crippen LogP contribution in [0.1, 0.15) is 20.3 Å². The minimum atomic E-state index is -0.0961. The van der Waals surface area contributed by atoms with Crippen LogP contribution >= 0.6 is 0 Å². The lowest BCUT2D eigenvalue weighted by molar-refractivity contribution is 0.525. The summed E-state index contributed by atoms with van der Waals surface area (Å²) < 4.78 is 0. The average Bonchev–Trinajstić information content (AvgIpc) is 2.65. The second-order valence-corrected chi connectivity index (χ2v) is 4.37. The van der Waals surface area contributed by atoms with E-state index in [2.05, 4.69) is 39.1 Å². The Hall–Kier alpha value is -1.69. The van der Waals surface area contributed by atoms with Gasteiger partial charge in [0.25, 0.3) is 0 Å². The van der Waals surface area contributed by atoms with Crippen LogP contribution in [0, 0.1) is 0 Å². The summed E-state index contributed by atoms with van der Waals surface area (Å²) in [6, 6.07) is 0. The lowest BCUT2D eigenvalue weighted by atomic mass is 10.0. The predicted molar refractivity (Wildman–Crippen MR) is 63.1 cm³/mol. The smallest absolute Gasteiger partial charge is 0.182 e. The lowest BCUT2D eigenvalue weighted by Gasteiger charge is -2.26. The molecule has 0 spiro atoms. The van der Waals surface area contributed by atoms with Crippen molar-refractivity contribution in [2.45, 2.75) is 25.8 Å². The van der Waals surface area contributed by atoms with Crippen LogP contribution in [0.3, 0.4) is 0 Å². The molecular weight excluding hydrogens is 204 g/mol. The van der Waals surface area contributed by atoms with E-state index in [1.54, 1.807) is 6.33 Å². The third kappa shape index (κ3) is 2.11. The Morgan fingerprint density at radius 3 is 2.94 bits per heavy atom. The van der Waals surface area contributed by atoms with Crippen LogP contribution in [-0.4, -0.2) is 32.0 Å². The Balaban J connectivity index is 2.30. The highest BCUT2D eigenvalue weighted by atomic mass is 15.1. The third-order valence-electron chi connectivity index (χ3n) is 2.45. The molecule has 0 saturated carbocycles. The van der Waals surface area contributed by atoms with Crippen LogP contribution in [0.2, 0.25) is 0 Å². The fourth-order valence-corrected chi connectivity index (χ4v) is 1.60. The van der Waals surface area contributed by atoms with E-state index in [0.717, 1.165) is 17.8 Å². The van der Waals surface area contributed by atoms with E-state index in [0.29, 0.717) is 12.2 Å². The molecule has 4 N–H and O–H groups in total. The Morgan fingerprint density at radius 2 is 2.19 bits per heavy atom. The number of aromatic amines is 1. The van der Waals surface area contributed by atoms with Crippen LogP contribution in [0.15, 0.2) is 12.7 Å². The van der Waals surface area contributed by atoms with Crippen LogP contribution in [0.4, 0.5) is 5.82 Å². The molecule has 0 unspecified atom stereocenters. The molecule has 0 radical (unpaired) electrons. The maximum absolute atomic E-state index is 5.57. The molecule has 0 aliphatic rings. The molecule has 2 aromatic rings. The summed E-state index contributed by atoms with van der Waals surface area (Å²) >= 11 is 0. The molecule has 2 rings (SSSR count). The first-order chi connectivity index (χ1) is 7.62. The lowest BCUT2D eigenvalue weighted by Crippen LogP contribution is -2.33. The summed E-state index contributed by atoms with van der Waals surface area (Å²) in [6.45, 7) is 4.81. The molecule has 2 heterocycles. The van der Waals surface area contributed by atoms with Gasteiger partial charge in [-0.3, -0.25) is 0 Å². The van der Waals surface area contributed by atoms with Crippen molar-refractivity contribution in [3.05, 3.63) is 12.7 Å². The molecule has 0 fully saturated rings. The standard InChI is InChI=1S/C10H16N6/c1-10(2,3-4-11)16-9-7-8(13-5-12-7)14-6-15-9/h5-6H,3-4,11H2,1-2H3,(H2,12,13,14,15,16). The first-order valence-corrected chi connectivity index (χ1v) is 5.25. The summed E-state index contributed by atoms with van der Waals surface area (Å²) in [5.74, 6) is 0.765. The number of aromatic nitrogens is 4. The second-order valence-electron chi connectivity index (χ2n) is 4.37. The molecule has 0 aliphatic carbocycles. The molecule has 86 valence electrons. The highest BCUT2D eigenvalue weighted by molar-refractivity contribution is 5.82. The molecule has 0 aliphatic heterocycles. The van der Waals surface area contributed by atoms with Gasteiger partial charge in [-0.1, -0.05) is 0 Å². The molecule has 6 nitrogen and oxygen atoms in total. The van der Waals surface area contributed by atoms with Gasteiger partial charge in [-0.15, -0.1) is 0 Å². The minimum Gasteiger partial charge on any atom is -0.363 e. The van der Waals surface area contributed by atoms with E-state index in [1.807, 2.05) is 0 Å². The van der Waals surface area contributed by atoms with Crippen molar-refractivity contribution in [2.75, 3.05) is 11.9 Å². The van der Waals surface area contributed by atoms with Gasteiger partial charge in [0, 0.05) is 5.54 Å². The number of fused-ring (bicyclic) bond motifs is 1. The number of anilines is 1. The fourth-order valence-electron chi connectivity index (χ4n) is 1.60. The summed E-state index contributed by atoms with van der Waals surface area (Å²) in [6.07, 6.45) is 3.98. The van der Waals surface area contributed by atoms with Gasteiger partial charge in [-0.2, -0.15) is 0 Å². The maximum atomic E-state index is 5.57. The zero-order valence-corrected chi connectivity index (χ0v) is 9.49. The summed E-state index contributed by atoms with van der Waals surface area (Å²) in [5.41, 5.74) is 6.97. The summed E-state index contributed by atoms with van der Waals surface area (Å²) in [7, 11) is 0. The van der Waals surface area contributed by atoms with E-state index >= 15 is 0 Å². The third-order valence-corrected chi connectivity index (χ3v) is 2.45. The Bertz CT molecular complexity index is 475. The van der Waals surface area contributed by atoms with Gasteiger partial charge in [0.1, 0.15) is 11.8 Å². The van der Waals surface area contributed by atoms with Crippen molar-refractivity contribution in [2.24, 2.45) is 5.73 Å². The van der Waals surface area contributed by atoms with Crippen molar-refractivity contribution in [3.63, 3.8) is 0 Å². The van der Waals surface area contributed by atoms with Gasteiger partial charge in [0.2, 0.25) is 0 Å². The van der Waals surface area contributed by atoms with Gasteiger partial charge in [0.05, 0.1) is 6.33 Å². The van der Waals surface area contributed by atoms with Crippen LogP contribution in [0.5, 0.6) is 0 Å². The van der Waals surface area contributed by atoms with Gasteiger partial charge < -0.3 is 16.0 Å². The molecule has 2 aromatic heterocycles. The number of rotatable bonds is 4. The van der Waals surface area contributed by atoms with Crippen LogP contribution in [-0.2, 0) is 0 Å². The first-order valence-electron chi connectivity index (χ1n) is 5.25. The number of nitrogens with two attached hydrogens (primary N) is 1. The van der Waals surface area contributed by atoms with Crippen LogP contribution < -0.4 is 11.1 Å². The van der Waals surface area contributed by atoms with Crippen LogP contribution in [0.25, 0.3) is 11.2 Å². The fraction of sp³-hybridized carbons (Fsp3) is 0.500. The SMILES string of the molecule is CC(C)(CCN)Nc1ncnc2nc[nH]c12. The predicted octanol–water partition coefficient (Wildman–Crippen LogP) is 0.892. The van der Waals surface area contributed by atoms with Crippen molar-refractivity contribution in [3.8, 4) is 0 Å². The Morgan fingerprint density at radius 1 is 1.38 bits per heavy atom. The monoisotopic (exact) mass is 220 g/mol. The van der Waals surface area contributed by atoms with E-state index < -0.39 is 0 Å². The van der Waals surface area contributed by atoms with E-state index in [9.17, 15) is 0 Å².